The molecule has 1 aromatic carbocycles. The molecule has 15 heavy (non-hydrogen) atoms. The van der Waals surface area contributed by atoms with Crippen LogP contribution in [0.25, 0.3) is 0 Å². The summed E-state index contributed by atoms with van der Waals surface area (Å²) in [6.07, 6.45) is 1.11. The maximum Gasteiger partial charge on any atom is 0.0556 e. The highest BCUT2D eigenvalue weighted by Crippen LogP contribution is 2.34. The van der Waals surface area contributed by atoms with Crippen molar-refractivity contribution in [1.29, 1.82) is 0 Å². The minimum absolute atomic E-state index is 0.331. The van der Waals surface area contributed by atoms with E-state index in [9.17, 15) is 0 Å². The van der Waals surface area contributed by atoms with Crippen LogP contribution < -0.4 is 5.73 Å². The lowest BCUT2D eigenvalue weighted by Crippen LogP contribution is -2.32. The second-order valence-corrected chi connectivity index (χ2v) is 4.44. The number of likely N-dealkylation sites (N-methyl/N-ethyl adjacent to an activating group) is 1. The minimum Gasteiger partial charge on any atom is -0.399 e. The Morgan fingerprint density at radius 3 is 2.93 bits per heavy atom. The molecule has 1 atom stereocenters. The number of benzene rings is 1. The lowest BCUT2D eigenvalue weighted by atomic mass is 9.89. The van der Waals surface area contributed by atoms with E-state index in [1.54, 1.807) is 0 Å². The molecule has 1 aliphatic rings. The first-order valence-corrected chi connectivity index (χ1v) is 5.33. The number of nitrogens with zero attached hydrogens (tertiary/aromatic N) is 1. The van der Waals surface area contributed by atoms with Gasteiger partial charge in [-0.3, -0.25) is 4.90 Å². The lowest BCUT2D eigenvalue weighted by Gasteiger charge is -2.35. The fourth-order valence-electron chi connectivity index (χ4n) is 2.40. The van der Waals surface area contributed by atoms with Crippen molar-refractivity contribution in [3.05, 3.63) is 41.5 Å². The van der Waals surface area contributed by atoms with E-state index in [1.807, 2.05) is 6.07 Å². The molecule has 0 aromatic heterocycles. The Hall–Kier alpha value is -1.28. The molecule has 0 amide bonds. The molecule has 0 spiro atoms. The number of fused-ring (bicyclic) bond motifs is 1. The summed E-state index contributed by atoms with van der Waals surface area (Å²) in [6, 6.07) is 6.55. The highest BCUT2D eigenvalue weighted by atomic mass is 15.1. The van der Waals surface area contributed by atoms with Crippen molar-refractivity contribution >= 4 is 5.69 Å². The molecule has 1 aliphatic heterocycles. The summed E-state index contributed by atoms with van der Waals surface area (Å²) in [5.74, 6) is 0. The van der Waals surface area contributed by atoms with Crippen LogP contribution in [0.2, 0.25) is 0 Å². The first kappa shape index (κ1) is 10.2. The zero-order valence-electron chi connectivity index (χ0n) is 9.46. The largest absolute Gasteiger partial charge is 0.399 e. The van der Waals surface area contributed by atoms with Crippen LogP contribution in [-0.4, -0.2) is 18.5 Å². The van der Waals surface area contributed by atoms with E-state index in [0.29, 0.717) is 6.04 Å². The van der Waals surface area contributed by atoms with Crippen LogP contribution in [0, 0.1) is 0 Å². The van der Waals surface area contributed by atoms with Gasteiger partial charge in [-0.25, -0.2) is 0 Å². The Labute approximate surface area is 91.4 Å². The van der Waals surface area contributed by atoms with E-state index >= 15 is 0 Å². The van der Waals surface area contributed by atoms with Gasteiger partial charge < -0.3 is 5.73 Å². The maximum atomic E-state index is 5.84. The van der Waals surface area contributed by atoms with Crippen LogP contribution in [0.4, 0.5) is 5.69 Å². The maximum absolute atomic E-state index is 5.84. The third-order valence-electron chi connectivity index (χ3n) is 3.11. The van der Waals surface area contributed by atoms with Gasteiger partial charge in [0.15, 0.2) is 0 Å². The number of hydrogen-bond acceptors (Lipinski definition) is 2. The quantitative estimate of drug-likeness (QED) is 0.559. The van der Waals surface area contributed by atoms with Crippen LogP contribution in [-0.2, 0) is 6.42 Å². The number of hydrogen-bond donors (Lipinski definition) is 1. The summed E-state index contributed by atoms with van der Waals surface area (Å²) in [6.45, 7) is 7.25. The van der Waals surface area contributed by atoms with E-state index in [-0.39, 0.29) is 0 Å². The summed E-state index contributed by atoms with van der Waals surface area (Å²) >= 11 is 0. The normalized spacial score (nSPS) is 21.1. The predicted octanol–water partition coefficient (Wildman–Crippen LogP) is 2.37. The Kier molecular flexibility index (Phi) is 2.53. The van der Waals surface area contributed by atoms with E-state index in [0.717, 1.165) is 18.7 Å². The van der Waals surface area contributed by atoms with Gasteiger partial charge in [0.05, 0.1) is 6.04 Å². The molecule has 0 saturated carbocycles. The molecular formula is C13H18N2. The molecular weight excluding hydrogens is 184 g/mol. The zero-order chi connectivity index (χ0) is 11.0. The Morgan fingerprint density at radius 1 is 1.53 bits per heavy atom. The molecule has 1 aromatic rings. The highest BCUT2D eigenvalue weighted by molar-refractivity contribution is 5.48. The average molecular weight is 202 g/mol. The summed E-state index contributed by atoms with van der Waals surface area (Å²) in [5.41, 5.74) is 10.6. The van der Waals surface area contributed by atoms with Gasteiger partial charge in [-0.15, -0.1) is 0 Å². The van der Waals surface area contributed by atoms with Crippen LogP contribution in [0.3, 0.4) is 0 Å². The first-order chi connectivity index (χ1) is 7.09. The van der Waals surface area contributed by atoms with E-state index < -0.39 is 0 Å². The van der Waals surface area contributed by atoms with Gasteiger partial charge in [0.25, 0.3) is 0 Å². The van der Waals surface area contributed by atoms with Gasteiger partial charge >= 0.3 is 0 Å². The van der Waals surface area contributed by atoms with Crippen LogP contribution in [0.1, 0.15) is 24.1 Å². The van der Waals surface area contributed by atoms with E-state index in [1.165, 1.54) is 16.7 Å². The number of rotatable bonds is 1. The third-order valence-corrected chi connectivity index (χ3v) is 3.11. The molecule has 1 heterocycles. The fraction of sp³-hybridized carbons (Fsp3) is 0.385. The van der Waals surface area contributed by atoms with Gasteiger partial charge in [0, 0.05) is 12.2 Å². The molecule has 0 fully saturated rings. The first-order valence-electron chi connectivity index (χ1n) is 5.33. The third kappa shape index (κ3) is 1.77. The van der Waals surface area contributed by atoms with Crippen LogP contribution in [0.15, 0.2) is 30.4 Å². The second-order valence-electron chi connectivity index (χ2n) is 4.44. The van der Waals surface area contributed by atoms with Crippen LogP contribution in [0.5, 0.6) is 0 Å². The van der Waals surface area contributed by atoms with Crippen molar-refractivity contribution in [3.63, 3.8) is 0 Å². The molecule has 0 radical (unpaired) electrons. The Balaban J connectivity index is 2.50. The molecule has 2 rings (SSSR count). The summed E-state index contributed by atoms with van der Waals surface area (Å²) in [7, 11) is 2.14. The molecule has 0 bridgehead atoms. The van der Waals surface area contributed by atoms with Crippen molar-refractivity contribution in [2.24, 2.45) is 0 Å². The topological polar surface area (TPSA) is 29.3 Å². The monoisotopic (exact) mass is 202 g/mol. The average Bonchev–Trinajstić information content (AvgIpc) is 2.16. The van der Waals surface area contributed by atoms with E-state index in [2.05, 4.69) is 37.6 Å². The second kappa shape index (κ2) is 3.70. The number of nitrogen functional groups attached to an aromatic ring is 1. The van der Waals surface area contributed by atoms with Gasteiger partial charge in [-0.2, -0.15) is 0 Å². The van der Waals surface area contributed by atoms with Crippen molar-refractivity contribution in [1.82, 2.24) is 4.90 Å². The molecule has 2 nitrogen and oxygen atoms in total. The smallest absolute Gasteiger partial charge is 0.0556 e. The van der Waals surface area contributed by atoms with Gasteiger partial charge in [-0.1, -0.05) is 18.2 Å². The molecule has 0 aliphatic carbocycles. The standard InChI is InChI=1S/C13H18N2/c1-9(2)13-12-8-11(14)5-4-10(12)6-7-15(13)3/h4-5,8,13H,1,6-7,14H2,2-3H3/t13-/m1/s1. The van der Waals surface area contributed by atoms with Crippen molar-refractivity contribution in [3.8, 4) is 0 Å². The number of anilines is 1. The Bertz CT molecular complexity index is 396. The molecule has 0 unspecified atom stereocenters. The summed E-state index contributed by atoms with van der Waals surface area (Å²) in [4.78, 5) is 2.34. The predicted molar refractivity (Wildman–Crippen MR) is 64.7 cm³/mol. The minimum atomic E-state index is 0.331. The molecule has 2 heteroatoms. The van der Waals surface area contributed by atoms with Gasteiger partial charge in [0.2, 0.25) is 0 Å². The zero-order valence-corrected chi connectivity index (χ0v) is 9.46. The van der Waals surface area contributed by atoms with Gasteiger partial charge in [-0.05, 0) is 43.7 Å². The molecule has 2 N–H and O–H groups in total. The van der Waals surface area contributed by atoms with Crippen molar-refractivity contribution in [2.45, 2.75) is 19.4 Å². The lowest BCUT2D eigenvalue weighted by molar-refractivity contribution is 0.261. The van der Waals surface area contributed by atoms with Crippen molar-refractivity contribution < 1.29 is 0 Å². The fourth-order valence-corrected chi connectivity index (χ4v) is 2.40. The Morgan fingerprint density at radius 2 is 2.27 bits per heavy atom. The SMILES string of the molecule is C=C(C)[C@@H]1c2cc(N)ccc2CCN1C. The molecule has 80 valence electrons. The van der Waals surface area contributed by atoms with Gasteiger partial charge in [0.1, 0.15) is 0 Å². The molecule has 0 saturated heterocycles. The number of nitrogens with two attached hydrogens (primary N) is 1. The summed E-state index contributed by atoms with van der Waals surface area (Å²) in [5, 5.41) is 0. The highest BCUT2D eigenvalue weighted by Gasteiger charge is 2.24. The summed E-state index contributed by atoms with van der Waals surface area (Å²) < 4.78 is 0. The van der Waals surface area contributed by atoms with Crippen molar-refractivity contribution in [2.75, 3.05) is 19.3 Å². The van der Waals surface area contributed by atoms with E-state index in [4.69, 9.17) is 5.73 Å². The van der Waals surface area contributed by atoms with Crippen LogP contribution >= 0.6 is 0 Å².